The lowest BCUT2D eigenvalue weighted by atomic mass is 9.99. The number of para-hydroxylation sites is 1. The minimum atomic E-state index is -0.00343. The Hall–Kier alpha value is -2.11. The Kier molecular flexibility index (Phi) is 5.56. The molecule has 2 aliphatic heterocycles. The van der Waals surface area contributed by atoms with E-state index >= 15 is 0 Å². The summed E-state index contributed by atoms with van der Waals surface area (Å²) in [5, 5.41) is 0. The van der Waals surface area contributed by atoms with Crippen molar-refractivity contribution in [1.29, 1.82) is 0 Å². The second kappa shape index (κ2) is 7.85. The Bertz CT molecular complexity index is 821. The first-order chi connectivity index (χ1) is 12.2. The molecule has 0 aromatic heterocycles. The van der Waals surface area contributed by atoms with Crippen molar-refractivity contribution in [1.82, 2.24) is 4.90 Å². The summed E-state index contributed by atoms with van der Waals surface area (Å²) >= 11 is 6.58. The average Bonchev–Trinajstić information content (AvgIpc) is 2.91. The maximum absolute atomic E-state index is 12.2. The third-order valence-corrected chi connectivity index (χ3v) is 5.52. The van der Waals surface area contributed by atoms with E-state index in [0.717, 1.165) is 12.1 Å². The van der Waals surface area contributed by atoms with Gasteiger partial charge >= 0.3 is 0 Å². The molecule has 1 saturated heterocycles. The molecule has 0 radical (unpaired) electrons. The Morgan fingerprint density at radius 2 is 1.88 bits per heavy atom. The van der Waals surface area contributed by atoms with Gasteiger partial charge in [0.2, 0.25) is 0 Å². The highest BCUT2D eigenvalue weighted by Crippen LogP contribution is 2.33. The molecule has 1 aromatic rings. The average molecular weight is 369 g/mol. The number of hydrogen-bond donors (Lipinski definition) is 0. The van der Waals surface area contributed by atoms with Gasteiger partial charge in [-0.25, -0.2) is 0 Å². The van der Waals surface area contributed by atoms with Gasteiger partial charge in [0.05, 0.1) is 4.91 Å². The largest absolute Gasteiger partial charge is 0.348 e. The van der Waals surface area contributed by atoms with Crippen LogP contribution in [0.5, 0.6) is 0 Å². The molecule has 128 valence electrons. The van der Waals surface area contributed by atoms with E-state index in [0.29, 0.717) is 15.8 Å². The van der Waals surface area contributed by atoms with Crippen molar-refractivity contribution in [3.63, 3.8) is 0 Å². The number of nitrogens with zero attached hydrogens (tertiary/aromatic N) is 2. The summed E-state index contributed by atoms with van der Waals surface area (Å²) in [5.41, 5.74) is 3.59. The predicted octanol–water partition coefficient (Wildman–Crippen LogP) is 4.74. The van der Waals surface area contributed by atoms with Crippen LogP contribution >= 0.6 is 24.0 Å². The maximum atomic E-state index is 12.2. The number of fused-ring (bicyclic) bond motifs is 1. The molecule has 25 heavy (non-hydrogen) atoms. The molecule has 2 heterocycles. The molecule has 0 aliphatic carbocycles. The van der Waals surface area contributed by atoms with Crippen LogP contribution in [-0.4, -0.2) is 28.2 Å². The summed E-state index contributed by atoms with van der Waals surface area (Å²) < 4.78 is 0.634. The molecule has 5 heteroatoms. The molecular weight excluding hydrogens is 348 g/mol. The van der Waals surface area contributed by atoms with Crippen molar-refractivity contribution in [2.75, 3.05) is 18.0 Å². The predicted molar refractivity (Wildman–Crippen MR) is 111 cm³/mol. The van der Waals surface area contributed by atoms with E-state index < -0.39 is 0 Å². The molecule has 1 fully saturated rings. The molecule has 0 unspecified atom stereocenters. The number of likely N-dealkylation sites (N-methyl/N-ethyl adjacent to an activating group) is 1. The van der Waals surface area contributed by atoms with Gasteiger partial charge in [0, 0.05) is 30.5 Å². The van der Waals surface area contributed by atoms with Gasteiger partial charge in [-0.1, -0.05) is 60.4 Å². The topological polar surface area (TPSA) is 23.6 Å². The summed E-state index contributed by atoms with van der Waals surface area (Å²) in [4.78, 5) is 16.7. The summed E-state index contributed by atoms with van der Waals surface area (Å²) in [6, 6.07) is 8.38. The molecule has 3 nitrogen and oxygen atoms in total. The quantitative estimate of drug-likeness (QED) is 0.565. The first-order valence-corrected chi connectivity index (χ1v) is 9.54. The zero-order valence-electron chi connectivity index (χ0n) is 14.3. The molecule has 0 atom stereocenters. The van der Waals surface area contributed by atoms with Crippen LogP contribution in [0.1, 0.15) is 19.4 Å². The molecule has 0 saturated carbocycles. The lowest BCUT2D eigenvalue weighted by Crippen LogP contribution is -2.27. The van der Waals surface area contributed by atoms with Crippen LogP contribution in [0, 0.1) is 0 Å². The van der Waals surface area contributed by atoms with Crippen LogP contribution in [0.15, 0.2) is 65.8 Å². The standard InChI is InChI=1S/C20H20N2OS2/c1-3-21-14-13-15(16-10-6-7-11-17(16)21)9-5-8-12-18-19(23)22(4-2)20(24)25-18/h5-14H,3-4H2,1-2H3/b8-5+,15-9-,18-12+. The molecule has 0 spiro atoms. The second-order valence-electron chi connectivity index (χ2n) is 5.57. The fourth-order valence-electron chi connectivity index (χ4n) is 2.82. The monoisotopic (exact) mass is 368 g/mol. The summed E-state index contributed by atoms with van der Waals surface area (Å²) in [6.07, 6.45) is 12.0. The Morgan fingerprint density at radius 1 is 1.12 bits per heavy atom. The molecule has 0 bridgehead atoms. The first-order valence-electron chi connectivity index (χ1n) is 8.32. The lowest BCUT2D eigenvalue weighted by molar-refractivity contribution is -0.122. The van der Waals surface area contributed by atoms with Gasteiger partial charge in [-0.3, -0.25) is 9.69 Å². The van der Waals surface area contributed by atoms with Gasteiger partial charge in [0.15, 0.2) is 0 Å². The van der Waals surface area contributed by atoms with Crippen LogP contribution in [0.25, 0.3) is 5.57 Å². The van der Waals surface area contributed by atoms with Gasteiger partial charge in [-0.2, -0.15) is 0 Å². The van der Waals surface area contributed by atoms with E-state index in [9.17, 15) is 4.79 Å². The van der Waals surface area contributed by atoms with E-state index in [1.54, 1.807) is 4.90 Å². The Morgan fingerprint density at radius 3 is 2.60 bits per heavy atom. The maximum Gasteiger partial charge on any atom is 0.266 e. The van der Waals surface area contributed by atoms with E-state index in [-0.39, 0.29) is 5.91 Å². The number of thiocarbonyl (C=S) groups is 1. The van der Waals surface area contributed by atoms with Gasteiger partial charge in [0.25, 0.3) is 5.91 Å². The van der Waals surface area contributed by atoms with Crippen LogP contribution in [0.2, 0.25) is 0 Å². The van der Waals surface area contributed by atoms with E-state index in [1.165, 1.54) is 23.0 Å². The number of carbonyl (C=O) groups is 1. The number of anilines is 1. The highest BCUT2D eigenvalue weighted by molar-refractivity contribution is 8.26. The first kappa shape index (κ1) is 17.7. The molecule has 0 N–H and O–H groups in total. The minimum Gasteiger partial charge on any atom is -0.348 e. The van der Waals surface area contributed by atoms with E-state index in [1.807, 2.05) is 25.2 Å². The number of hydrogen-bond acceptors (Lipinski definition) is 4. The number of carbonyl (C=O) groups excluding carboxylic acids is 1. The smallest absolute Gasteiger partial charge is 0.266 e. The normalized spacial score (nSPS) is 20.4. The number of rotatable bonds is 4. The molecule has 1 aromatic carbocycles. The van der Waals surface area contributed by atoms with Crippen molar-refractivity contribution >= 4 is 45.5 Å². The SMILES string of the molecule is CCN1C(=O)\C(=C/C=C/C=C2/C=CN(CC)c3ccccc32)SC1=S. The Labute approximate surface area is 158 Å². The van der Waals surface area contributed by atoms with Crippen molar-refractivity contribution < 1.29 is 4.79 Å². The van der Waals surface area contributed by atoms with Crippen molar-refractivity contribution in [3.05, 3.63) is 71.3 Å². The summed E-state index contributed by atoms with van der Waals surface area (Å²) in [7, 11) is 0. The second-order valence-corrected chi connectivity index (χ2v) is 7.25. The van der Waals surface area contributed by atoms with Gasteiger partial charge in [0.1, 0.15) is 4.32 Å². The third kappa shape index (κ3) is 3.62. The van der Waals surface area contributed by atoms with E-state index in [2.05, 4.69) is 54.4 Å². The number of benzene rings is 1. The molecule has 3 rings (SSSR count). The fourth-order valence-corrected chi connectivity index (χ4v) is 4.15. The summed E-state index contributed by atoms with van der Waals surface area (Å²) in [5.74, 6) is -0.00343. The molecule has 1 amide bonds. The van der Waals surface area contributed by atoms with Crippen molar-refractivity contribution in [2.24, 2.45) is 0 Å². The summed E-state index contributed by atoms with van der Waals surface area (Å²) in [6.45, 7) is 5.63. The zero-order valence-corrected chi connectivity index (χ0v) is 15.9. The van der Waals surface area contributed by atoms with Crippen molar-refractivity contribution in [3.8, 4) is 0 Å². The third-order valence-electron chi connectivity index (χ3n) is 4.12. The number of thioether (sulfide) groups is 1. The highest BCUT2D eigenvalue weighted by Gasteiger charge is 2.29. The Balaban J connectivity index is 1.79. The van der Waals surface area contributed by atoms with Crippen LogP contribution in [0.3, 0.4) is 0 Å². The zero-order chi connectivity index (χ0) is 17.8. The fraction of sp³-hybridized carbons (Fsp3) is 0.200. The van der Waals surface area contributed by atoms with Crippen molar-refractivity contribution in [2.45, 2.75) is 13.8 Å². The molecule has 2 aliphatic rings. The van der Waals surface area contributed by atoms with Gasteiger partial charge in [-0.15, -0.1) is 0 Å². The lowest BCUT2D eigenvalue weighted by Gasteiger charge is -2.26. The van der Waals surface area contributed by atoms with Gasteiger partial charge in [-0.05, 0) is 37.6 Å². The molecular formula is C20H20N2OS2. The van der Waals surface area contributed by atoms with E-state index in [4.69, 9.17) is 12.2 Å². The number of allylic oxidation sites excluding steroid dienone is 6. The number of amides is 1. The van der Waals surface area contributed by atoms with Gasteiger partial charge < -0.3 is 4.90 Å². The highest BCUT2D eigenvalue weighted by atomic mass is 32.2. The van der Waals surface area contributed by atoms with Crippen LogP contribution < -0.4 is 4.90 Å². The van der Waals surface area contributed by atoms with Crippen LogP contribution in [0.4, 0.5) is 5.69 Å². The minimum absolute atomic E-state index is 0.00343. The van der Waals surface area contributed by atoms with Crippen LogP contribution in [-0.2, 0) is 4.79 Å².